The van der Waals surface area contributed by atoms with E-state index in [0.717, 1.165) is 0 Å². The van der Waals surface area contributed by atoms with Crippen molar-refractivity contribution >= 4 is 12.2 Å². The molecule has 0 saturated carbocycles. The summed E-state index contributed by atoms with van der Waals surface area (Å²) in [6.07, 6.45) is 2.98. The Balaban J connectivity index is 1.32. The summed E-state index contributed by atoms with van der Waals surface area (Å²) in [5.74, 6) is -0.200. The number of alkyl carbamates (subject to hydrolysis) is 1. The van der Waals surface area contributed by atoms with Gasteiger partial charge in [-0.25, -0.2) is 9.18 Å². The molecule has 0 aliphatic heterocycles. The first kappa shape index (κ1) is 19.7. The SMILES string of the molecule is COc1ccc(C=CCNC(=O)OCC2c3ccccc3-c3ccccc32)cc1F. The zero-order valence-electron chi connectivity index (χ0n) is 16.6. The van der Waals surface area contributed by atoms with Crippen LogP contribution in [-0.2, 0) is 4.74 Å². The Hall–Kier alpha value is -3.60. The fraction of sp³-hybridized carbons (Fsp3) is 0.160. The number of fused-ring (bicyclic) bond motifs is 3. The fourth-order valence-electron chi connectivity index (χ4n) is 3.77. The lowest BCUT2D eigenvalue weighted by molar-refractivity contribution is 0.144. The van der Waals surface area contributed by atoms with Crippen molar-refractivity contribution < 1.29 is 18.7 Å². The first-order chi connectivity index (χ1) is 14.7. The first-order valence-electron chi connectivity index (χ1n) is 9.76. The molecular formula is C25H22FNO3. The molecule has 0 saturated heterocycles. The van der Waals surface area contributed by atoms with Gasteiger partial charge in [-0.3, -0.25) is 0 Å². The molecule has 1 aliphatic carbocycles. The van der Waals surface area contributed by atoms with Crippen LogP contribution < -0.4 is 10.1 Å². The molecule has 5 heteroatoms. The summed E-state index contributed by atoms with van der Waals surface area (Å²) in [7, 11) is 1.42. The van der Waals surface area contributed by atoms with Gasteiger partial charge in [0.15, 0.2) is 11.6 Å². The van der Waals surface area contributed by atoms with Crippen molar-refractivity contribution in [1.29, 1.82) is 0 Å². The van der Waals surface area contributed by atoms with Gasteiger partial charge in [-0.1, -0.05) is 66.7 Å². The lowest BCUT2D eigenvalue weighted by Crippen LogP contribution is -2.26. The maximum Gasteiger partial charge on any atom is 0.407 e. The van der Waals surface area contributed by atoms with Crippen LogP contribution in [0, 0.1) is 5.82 Å². The lowest BCUT2D eigenvalue weighted by atomic mass is 9.98. The van der Waals surface area contributed by atoms with Gasteiger partial charge in [0.1, 0.15) is 6.61 Å². The monoisotopic (exact) mass is 403 g/mol. The number of carbonyl (C=O) groups is 1. The van der Waals surface area contributed by atoms with Crippen molar-refractivity contribution in [3.63, 3.8) is 0 Å². The van der Waals surface area contributed by atoms with Gasteiger partial charge in [-0.05, 0) is 39.9 Å². The van der Waals surface area contributed by atoms with Crippen molar-refractivity contribution in [1.82, 2.24) is 5.32 Å². The number of nitrogens with one attached hydrogen (secondary N) is 1. The molecule has 0 atom stereocenters. The second kappa shape index (κ2) is 8.82. The molecule has 3 aromatic carbocycles. The van der Waals surface area contributed by atoms with Crippen LogP contribution in [0.3, 0.4) is 0 Å². The van der Waals surface area contributed by atoms with Crippen LogP contribution in [0.25, 0.3) is 17.2 Å². The fourth-order valence-corrected chi connectivity index (χ4v) is 3.77. The summed E-state index contributed by atoms with van der Waals surface area (Å²) < 4.78 is 24.1. The van der Waals surface area contributed by atoms with Crippen LogP contribution in [0.15, 0.2) is 72.8 Å². The van der Waals surface area contributed by atoms with Crippen molar-refractivity contribution in [2.75, 3.05) is 20.3 Å². The molecule has 1 amide bonds. The van der Waals surface area contributed by atoms with E-state index in [1.807, 2.05) is 24.3 Å². The molecule has 1 aliphatic rings. The quantitative estimate of drug-likeness (QED) is 0.601. The number of rotatable bonds is 6. The van der Waals surface area contributed by atoms with Crippen LogP contribution in [0.4, 0.5) is 9.18 Å². The molecular weight excluding hydrogens is 381 g/mol. The van der Waals surface area contributed by atoms with E-state index in [1.165, 1.54) is 35.4 Å². The normalized spacial score (nSPS) is 12.5. The van der Waals surface area contributed by atoms with Crippen LogP contribution in [0.1, 0.15) is 22.6 Å². The van der Waals surface area contributed by atoms with Crippen LogP contribution in [0.5, 0.6) is 5.75 Å². The molecule has 152 valence electrons. The average Bonchev–Trinajstić information content (AvgIpc) is 3.09. The molecule has 0 radical (unpaired) electrons. The summed E-state index contributed by atoms with van der Waals surface area (Å²) >= 11 is 0. The standard InChI is InChI=1S/C25H22FNO3/c1-29-24-13-12-17(15-23(24)26)7-6-14-27-25(28)30-16-22-20-10-4-2-8-18(20)19-9-3-5-11-21(19)22/h2-13,15,22H,14,16H2,1H3,(H,27,28). The molecule has 4 rings (SSSR count). The summed E-state index contributed by atoms with van der Waals surface area (Å²) in [6.45, 7) is 0.553. The molecule has 4 nitrogen and oxygen atoms in total. The Kier molecular flexibility index (Phi) is 5.80. The van der Waals surface area contributed by atoms with Gasteiger partial charge in [0, 0.05) is 12.5 Å². The molecule has 0 unspecified atom stereocenters. The molecule has 30 heavy (non-hydrogen) atoms. The summed E-state index contributed by atoms with van der Waals surface area (Å²) in [5.41, 5.74) is 5.41. The highest BCUT2D eigenvalue weighted by Gasteiger charge is 2.28. The zero-order valence-corrected chi connectivity index (χ0v) is 16.6. The van der Waals surface area contributed by atoms with Gasteiger partial charge in [0.25, 0.3) is 0 Å². The van der Waals surface area contributed by atoms with E-state index in [1.54, 1.807) is 24.3 Å². The third-order valence-corrected chi connectivity index (χ3v) is 5.19. The predicted molar refractivity (Wildman–Crippen MR) is 115 cm³/mol. The Labute approximate surface area is 175 Å². The molecule has 0 bridgehead atoms. The molecule has 0 heterocycles. The van der Waals surface area contributed by atoms with E-state index < -0.39 is 11.9 Å². The Bertz CT molecular complexity index is 1050. The number of hydrogen-bond acceptors (Lipinski definition) is 3. The number of amides is 1. The van der Waals surface area contributed by atoms with Gasteiger partial charge in [0.05, 0.1) is 7.11 Å². The van der Waals surface area contributed by atoms with Gasteiger partial charge in [-0.2, -0.15) is 0 Å². The van der Waals surface area contributed by atoms with Crippen molar-refractivity contribution in [3.05, 3.63) is 95.3 Å². The highest BCUT2D eigenvalue weighted by molar-refractivity contribution is 5.79. The van der Waals surface area contributed by atoms with E-state index >= 15 is 0 Å². The van der Waals surface area contributed by atoms with Crippen LogP contribution >= 0.6 is 0 Å². The van der Waals surface area contributed by atoms with E-state index in [4.69, 9.17) is 9.47 Å². The smallest absolute Gasteiger partial charge is 0.407 e. The van der Waals surface area contributed by atoms with E-state index in [2.05, 4.69) is 29.6 Å². The maximum absolute atomic E-state index is 13.7. The third-order valence-electron chi connectivity index (χ3n) is 5.19. The van der Waals surface area contributed by atoms with Gasteiger partial charge < -0.3 is 14.8 Å². The van der Waals surface area contributed by atoms with Crippen molar-refractivity contribution in [2.24, 2.45) is 0 Å². The van der Waals surface area contributed by atoms with Gasteiger partial charge >= 0.3 is 6.09 Å². The van der Waals surface area contributed by atoms with Crippen LogP contribution in [-0.4, -0.2) is 26.4 Å². The first-order valence-corrected chi connectivity index (χ1v) is 9.76. The second-order valence-corrected chi connectivity index (χ2v) is 7.00. The molecule has 0 spiro atoms. The van der Waals surface area contributed by atoms with E-state index in [9.17, 15) is 9.18 Å². The molecule has 0 fully saturated rings. The molecule has 0 aromatic heterocycles. The van der Waals surface area contributed by atoms with Crippen LogP contribution in [0.2, 0.25) is 0 Å². The minimum absolute atomic E-state index is 0.0287. The summed E-state index contributed by atoms with van der Waals surface area (Å²) in [5, 5.41) is 2.70. The maximum atomic E-state index is 13.7. The highest BCUT2D eigenvalue weighted by Crippen LogP contribution is 2.44. The number of halogens is 1. The Morgan fingerprint density at radius 1 is 1.03 bits per heavy atom. The number of carbonyl (C=O) groups excluding carboxylic acids is 1. The summed E-state index contributed by atoms with van der Waals surface area (Å²) in [6, 6.07) is 21.1. The minimum atomic E-state index is -0.484. The third kappa shape index (κ3) is 4.06. The van der Waals surface area contributed by atoms with E-state index in [0.29, 0.717) is 5.56 Å². The number of methoxy groups -OCH3 is 1. The zero-order chi connectivity index (χ0) is 20.9. The minimum Gasteiger partial charge on any atom is -0.494 e. The number of hydrogen-bond donors (Lipinski definition) is 1. The predicted octanol–water partition coefficient (Wildman–Crippen LogP) is 5.39. The highest BCUT2D eigenvalue weighted by atomic mass is 19.1. The average molecular weight is 403 g/mol. The van der Waals surface area contributed by atoms with Crippen molar-refractivity contribution in [2.45, 2.75) is 5.92 Å². The topological polar surface area (TPSA) is 47.6 Å². The van der Waals surface area contributed by atoms with Crippen molar-refractivity contribution in [3.8, 4) is 16.9 Å². The van der Waals surface area contributed by atoms with E-state index in [-0.39, 0.29) is 24.8 Å². The van der Waals surface area contributed by atoms with Gasteiger partial charge in [0.2, 0.25) is 0 Å². The number of benzene rings is 3. The lowest BCUT2D eigenvalue weighted by Gasteiger charge is -2.14. The second-order valence-electron chi connectivity index (χ2n) is 7.00. The number of ether oxygens (including phenoxy) is 2. The molecule has 1 N–H and O–H groups in total. The molecule has 3 aromatic rings. The largest absolute Gasteiger partial charge is 0.494 e. The Morgan fingerprint density at radius 2 is 1.70 bits per heavy atom. The van der Waals surface area contributed by atoms with Gasteiger partial charge in [-0.15, -0.1) is 0 Å². The summed E-state index contributed by atoms with van der Waals surface area (Å²) in [4.78, 5) is 12.1. The Morgan fingerprint density at radius 3 is 2.33 bits per heavy atom.